The predicted octanol–water partition coefficient (Wildman–Crippen LogP) is 4.17. The van der Waals surface area contributed by atoms with Crippen LogP contribution in [-0.4, -0.2) is 50.0 Å². The van der Waals surface area contributed by atoms with Gasteiger partial charge in [-0.25, -0.2) is 14.6 Å². The molecule has 4 rings (SSSR count). The topological polar surface area (TPSA) is 73.1 Å². The Morgan fingerprint density at radius 2 is 1.88 bits per heavy atom. The van der Waals surface area contributed by atoms with E-state index in [1.807, 2.05) is 30.3 Å². The Hall–Kier alpha value is -3.53. The summed E-state index contributed by atoms with van der Waals surface area (Å²) in [6.45, 7) is -2.52. The summed E-state index contributed by atoms with van der Waals surface area (Å²) in [5.41, 5.74) is 2.36. The van der Waals surface area contributed by atoms with Crippen molar-refractivity contribution in [3.63, 3.8) is 0 Å². The average molecular weight is 455 g/mol. The smallest absolute Gasteiger partial charge is 0.387 e. The molecule has 7 nitrogen and oxygen atoms in total. The van der Waals surface area contributed by atoms with Crippen molar-refractivity contribution >= 4 is 28.7 Å². The number of thioether (sulfide) groups is 1. The van der Waals surface area contributed by atoms with Crippen molar-refractivity contribution < 1.29 is 18.3 Å². The molecule has 0 aliphatic heterocycles. The molecule has 0 saturated carbocycles. The first-order chi connectivity index (χ1) is 15.5. The fourth-order valence-corrected chi connectivity index (χ4v) is 3.98. The molecule has 0 atom stereocenters. The maximum absolute atomic E-state index is 12.6. The molecule has 10 heteroatoms. The zero-order valence-corrected chi connectivity index (χ0v) is 17.9. The van der Waals surface area contributed by atoms with Crippen LogP contribution >= 0.6 is 11.8 Å². The Morgan fingerprint density at radius 1 is 1.12 bits per heavy atom. The number of para-hydroxylation sites is 1. The molecule has 0 fully saturated rings. The van der Waals surface area contributed by atoms with Gasteiger partial charge in [-0.2, -0.15) is 13.9 Å². The van der Waals surface area contributed by atoms with E-state index in [2.05, 4.69) is 19.8 Å². The molecule has 0 N–H and O–H groups in total. The van der Waals surface area contributed by atoms with Crippen LogP contribution in [0.2, 0.25) is 0 Å². The van der Waals surface area contributed by atoms with Crippen molar-refractivity contribution in [3.8, 4) is 11.4 Å². The molecular formula is C22H19F2N5O2S. The third-order valence-electron chi connectivity index (χ3n) is 4.66. The summed E-state index contributed by atoms with van der Waals surface area (Å²) in [4.78, 5) is 22.8. The van der Waals surface area contributed by atoms with Crippen molar-refractivity contribution in [2.24, 2.45) is 0 Å². The van der Waals surface area contributed by atoms with Crippen LogP contribution in [0.3, 0.4) is 0 Å². The third-order valence-corrected chi connectivity index (χ3v) is 5.65. The van der Waals surface area contributed by atoms with Crippen LogP contribution in [0.15, 0.2) is 72.1 Å². The molecule has 0 saturated heterocycles. The predicted molar refractivity (Wildman–Crippen MR) is 117 cm³/mol. The van der Waals surface area contributed by atoms with Crippen LogP contribution < -0.4 is 4.74 Å². The van der Waals surface area contributed by atoms with Gasteiger partial charge in [0.2, 0.25) is 5.91 Å². The van der Waals surface area contributed by atoms with Crippen LogP contribution in [0.1, 0.15) is 5.56 Å². The van der Waals surface area contributed by atoms with Crippen LogP contribution in [0, 0.1) is 0 Å². The lowest BCUT2D eigenvalue weighted by Gasteiger charge is -2.17. The Morgan fingerprint density at radius 3 is 2.59 bits per heavy atom. The Bertz CT molecular complexity index is 1200. The van der Waals surface area contributed by atoms with Gasteiger partial charge in [0.25, 0.3) is 0 Å². The van der Waals surface area contributed by atoms with Crippen LogP contribution in [0.25, 0.3) is 16.7 Å². The van der Waals surface area contributed by atoms with Gasteiger partial charge in [0.15, 0.2) is 5.65 Å². The second-order valence-corrected chi connectivity index (χ2v) is 7.83. The highest BCUT2D eigenvalue weighted by Gasteiger charge is 2.15. The molecule has 2 aromatic heterocycles. The van der Waals surface area contributed by atoms with Gasteiger partial charge in [-0.15, -0.1) is 0 Å². The minimum atomic E-state index is -2.87. The Balaban J connectivity index is 1.40. The van der Waals surface area contributed by atoms with Gasteiger partial charge in [0, 0.05) is 13.6 Å². The molecule has 0 spiro atoms. The summed E-state index contributed by atoms with van der Waals surface area (Å²) >= 11 is 1.32. The molecule has 0 aliphatic carbocycles. The summed E-state index contributed by atoms with van der Waals surface area (Å²) in [6, 6.07) is 15.9. The van der Waals surface area contributed by atoms with Gasteiger partial charge in [0.05, 0.1) is 23.0 Å². The van der Waals surface area contributed by atoms with Crippen LogP contribution in [-0.2, 0) is 11.3 Å². The molecule has 0 radical (unpaired) electrons. The van der Waals surface area contributed by atoms with Gasteiger partial charge < -0.3 is 9.64 Å². The van der Waals surface area contributed by atoms with Crippen molar-refractivity contribution in [1.82, 2.24) is 24.6 Å². The number of carbonyl (C=O) groups is 1. The zero-order valence-electron chi connectivity index (χ0n) is 17.1. The second-order valence-electron chi connectivity index (χ2n) is 6.87. The number of halogens is 2. The van der Waals surface area contributed by atoms with Crippen LogP contribution in [0.4, 0.5) is 8.78 Å². The quantitative estimate of drug-likeness (QED) is 0.293. The number of carbonyl (C=O) groups excluding carboxylic acids is 1. The molecule has 4 aromatic rings. The maximum atomic E-state index is 12.6. The van der Waals surface area contributed by atoms with Crippen molar-refractivity contribution in [2.75, 3.05) is 12.8 Å². The first-order valence-corrected chi connectivity index (χ1v) is 10.6. The molecular weight excluding hydrogens is 436 g/mol. The normalized spacial score (nSPS) is 11.1. The van der Waals surface area contributed by atoms with Gasteiger partial charge in [0.1, 0.15) is 17.1 Å². The van der Waals surface area contributed by atoms with Crippen molar-refractivity contribution in [2.45, 2.75) is 18.2 Å². The van der Waals surface area contributed by atoms with E-state index >= 15 is 0 Å². The number of hydrogen-bond donors (Lipinski definition) is 0. The van der Waals surface area contributed by atoms with E-state index in [1.54, 1.807) is 35.0 Å². The Kier molecular flexibility index (Phi) is 6.60. The number of fused-ring (bicyclic) bond motifs is 1. The van der Waals surface area contributed by atoms with E-state index in [9.17, 15) is 13.6 Å². The molecule has 0 unspecified atom stereocenters. The number of rotatable bonds is 8. The third kappa shape index (κ3) is 5.02. The van der Waals surface area contributed by atoms with Crippen molar-refractivity contribution in [3.05, 3.63) is 72.7 Å². The largest absolute Gasteiger partial charge is 0.435 e. The summed E-state index contributed by atoms with van der Waals surface area (Å²) in [7, 11) is 1.69. The maximum Gasteiger partial charge on any atom is 0.387 e. The number of amides is 1. The molecule has 2 aromatic carbocycles. The molecule has 2 heterocycles. The van der Waals surface area contributed by atoms with Crippen molar-refractivity contribution in [1.29, 1.82) is 0 Å². The lowest BCUT2D eigenvalue weighted by molar-refractivity contribution is -0.127. The minimum absolute atomic E-state index is 0.0807. The minimum Gasteiger partial charge on any atom is -0.435 e. The average Bonchev–Trinajstić information content (AvgIpc) is 3.24. The Labute approximate surface area is 187 Å². The van der Waals surface area contributed by atoms with Gasteiger partial charge in [-0.3, -0.25) is 4.79 Å². The first kappa shape index (κ1) is 21.7. The SMILES string of the molecule is CN(Cc1ccc(OC(F)F)cc1)C(=O)CSc1ncnc2c1cnn2-c1ccccc1. The summed E-state index contributed by atoms with van der Waals surface area (Å²) < 4.78 is 30.6. The number of benzene rings is 2. The van der Waals surface area contributed by atoms with E-state index in [1.165, 1.54) is 30.2 Å². The lowest BCUT2D eigenvalue weighted by Crippen LogP contribution is -2.27. The molecule has 0 aliphatic rings. The summed E-state index contributed by atoms with van der Waals surface area (Å²) in [5, 5.41) is 5.86. The first-order valence-electron chi connectivity index (χ1n) is 9.66. The molecule has 1 amide bonds. The number of alkyl halides is 2. The zero-order chi connectivity index (χ0) is 22.5. The van der Waals surface area contributed by atoms with E-state index in [-0.39, 0.29) is 17.4 Å². The van der Waals surface area contributed by atoms with E-state index < -0.39 is 6.61 Å². The number of aromatic nitrogens is 4. The number of ether oxygens (including phenoxy) is 1. The molecule has 164 valence electrons. The summed E-state index contributed by atoms with van der Waals surface area (Å²) in [6.07, 6.45) is 3.16. The summed E-state index contributed by atoms with van der Waals surface area (Å²) in [5.74, 6) is 0.174. The van der Waals surface area contributed by atoms with Gasteiger partial charge in [-0.1, -0.05) is 42.1 Å². The second kappa shape index (κ2) is 9.73. The molecule has 0 bridgehead atoms. The van der Waals surface area contributed by atoms with Gasteiger partial charge in [-0.05, 0) is 29.8 Å². The fourth-order valence-electron chi connectivity index (χ4n) is 3.07. The van der Waals surface area contributed by atoms with E-state index in [0.29, 0.717) is 17.2 Å². The van der Waals surface area contributed by atoms with Gasteiger partial charge >= 0.3 is 6.61 Å². The van der Waals surface area contributed by atoms with E-state index in [4.69, 9.17) is 0 Å². The highest BCUT2D eigenvalue weighted by Crippen LogP contribution is 2.26. The number of nitrogens with zero attached hydrogens (tertiary/aromatic N) is 5. The molecule has 32 heavy (non-hydrogen) atoms. The highest BCUT2D eigenvalue weighted by molar-refractivity contribution is 8.00. The van der Waals surface area contributed by atoms with E-state index in [0.717, 1.165) is 16.6 Å². The fraction of sp³-hybridized carbons (Fsp3) is 0.182. The number of hydrogen-bond acceptors (Lipinski definition) is 6. The lowest BCUT2D eigenvalue weighted by atomic mass is 10.2. The standard InChI is InChI=1S/C22H19F2N5O2S/c1-28(12-15-7-9-17(10-8-15)31-22(23)24)19(30)13-32-21-18-11-27-29(20(18)25-14-26-21)16-5-3-2-4-6-16/h2-11,14,22H,12-13H2,1H3. The monoisotopic (exact) mass is 455 g/mol. The van der Waals surface area contributed by atoms with Crippen LogP contribution in [0.5, 0.6) is 5.75 Å². The highest BCUT2D eigenvalue weighted by atomic mass is 32.2.